The van der Waals surface area contributed by atoms with Gasteiger partial charge in [-0.25, -0.2) is 0 Å². The summed E-state index contributed by atoms with van der Waals surface area (Å²) in [6.07, 6.45) is 50.4. The van der Waals surface area contributed by atoms with E-state index in [1.54, 1.807) is 0 Å². The Bertz CT molecular complexity index is 853. The van der Waals surface area contributed by atoms with E-state index in [0.29, 0.717) is 38.3 Å². The smallest absolute Gasteiger partial charge is 0.0667 e. The quantitative estimate of drug-likeness (QED) is 0.0335. The number of unbranched alkanes of at least 4 members (excludes halogenated alkanes) is 30. The number of hydrogen-bond donors (Lipinski definition) is 6. The summed E-state index contributed by atoms with van der Waals surface area (Å²) in [5.41, 5.74) is 0. The first kappa shape index (κ1) is 65.7. The molecular formula is C60H124N4O4. The standard InChI is InChI=1S/C60H124N4O4/c1-5-9-13-17-21-25-29-33-43-57(65)51-63(52-58(66)44-34-30-26-22-18-14-10-6-2)47-39-37-41-55-49-62-56(50-61-55)42-38-40-48-64(53-59(67)45-35-31-27-23-19-15-11-7-3)54-60(68)46-36-32-28-24-20-16-12-8-4/h55-62,65-68H,5-54H2,1-4H3. The van der Waals surface area contributed by atoms with Crippen LogP contribution in [0.25, 0.3) is 0 Å². The second kappa shape index (κ2) is 50.2. The van der Waals surface area contributed by atoms with E-state index < -0.39 is 0 Å². The molecule has 1 rings (SSSR count). The van der Waals surface area contributed by atoms with Crippen LogP contribution in [-0.4, -0.2) is 119 Å². The average Bonchev–Trinajstić information content (AvgIpc) is 3.33. The van der Waals surface area contributed by atoms with Crippen molar-refractivity contribution in [3.63, 3.8) is 0 Å². The lowest BCUT2D eigenvalue weighted by Crippen LogP contribution is -2.54. The van der Waals surface area contributed by atoms with Crippen LogP contribution < -0.4 is 10.6 Å². The minimum Gasteiger partial charge on any atom is -0.392 e. The van der Waals surface area contributed by atoms with E-state index in [9.17, 15) is 20.4 Å². The predicted octanol–water partition coefficient (Wildman–Crippen LogP) is 14.4. The van der Waals surface area contributed by atoms with Gasteiger partial charge >= 0.3 is 0 Å². The first-order valence-electron chi connectivity index (χ1n) is 30.9. The summed E-state index contributed by atoms with van der Waals surface area (Å²) < 4.78 is 0. The van der Waals surface area contributed by atoms with Crippen LogP contribution in [0.15, 0.2) is 0 Å². The summed E-state index contributed by atoms with van der Waals surface area (Å²) >= 11 is 0. The van der Waals surface area contributed by atoms with Gasteiger partial charge in [0.2, 0.25) is 0 Å². The Morgan fingerprint density at radius 1 is 0.309 bits per heavy atom. The maximum Gasteiger partial charge on any atom is 0.0667 e. The van der Waals surface area contributed by atoms with Gasteiger partial charge in [-0.15, -0.1) is 0 Å². The van der Waals surface area contributed by atoms with E-state index in [2.05, 4.69) is 48.1 Å². The molecule has 8 heteroatoms. The molecular weight excluding hydrogens is 841 g/mol. The van der Waals surface area contributed by atoms with Gasteiger partial charge in [0.05, 0.1) is 24.4 Å². The van der Waals surface area contributed by atoms with Crippen LogP contribution in [0, 0.1) is 0 Å². The Morgan fingerprint density at radius 3 is 0.750 bits per heavy atom. The number of piperazine rings is 1. The molecule has 0 aromatic heterocycles. The van der Waals surface area contributed by atoms with Gasteiger partial charge in [0.25, 0.3) is 0 Å². The maximum absolute atomic E-state index is 11.1. The van der Waals surface area contributed by atoms with E-state index >= 15 is 0 Å². The predicted molar refractivity (Wildman–Crippen MR) is 297 cm³/mol. The summed E-state index contributed by atoms with van der Waals surface area (Å²) in [4.78, 5) is 4.76. The molecule has 68 heavy (non-hydrogen) atoms. The van der Waals surface area contributed by atoms with Gasteiger partial charge in [-0.1, -0.05) is 246 Å². The van der Waals surface area contributed by atoms with E-state index in [1.165, 1.54) is 180 Å². The van der Waals surface area contributed by atoms with Crippen molar-refractivity contribution in [3.8, 4) is 0 Å². The summed E-state index contributed by atoms with van der Waals surface area (Å²) in [7, 11) is 0. The van der Waals surface area contributed by atoms with Crippen molar-refractivity contribution >= 4 is 0 Å². The van der Waals surface area contributed by atoms with Gasteiger partial charge in [0.15, 0.2) is 0 Å². The summed E-state index contributed by atoms with van der Waals surface area (Å²) in [6.45, 7) is 15.8. The van der Waals surface area contributed by atoms with E-state index in [4.69, 9.17) is 0 Å². The molecule has 0 aromatic rings. The molecule has 6 unspecified atom stereocenters. The lowest BCUT2D eigenvalue weighted by molar-refractivity contribution is 0.0589. The molecule has 0 aliphatic carbocycles. The Kier molecular flexibility index (Phi) is 48.5. The number of aliphatic hydroxyl groups excluding tert-OH is 4. The molecule has 0 bridgehead atoms. The summed E-state index contributed by atoms with van der Waals surface area (Å²) in [6, 6.07) is 1.00. The fraction of sp³-hybridized carbons (Fsp3) is 1.00. The Morgan fingerprint density at radius 2 is 0.529 bits per heavy atom. The normalized spacial score (nSPS) is 17.4. The largest absolute Gasteiger partial charge is 0.392 e. The third-order valence-corrected chi connectivity index (χ3v) is 15.3. The van der Waals surface area contributed by atoms with Crippen molar-refractivity contribution < 1.29 is 20.4 Å². The van der Waals surface area contributed by atoms with Crippen LogP contribution in [0.1, 0.15) is 297 Å². The van der Waals surface area contributed by atoms with Gasteiger partial charge in [-0.05, 0) is 64.5 Å². The minimum absolute atomic E-state index is 0.304. The molecule has 1 aliphatic rings. The number of nitrogens with zero attached hydrogens (tertiary/aromatic N) is 2. The van der Waals surface area contributed by atoms with Gasteiger partial charge < -0.3 is 31.1 Å². The monoisotopic (exact) mass is 965 g/mol. The first-order valence-corrected chi connectivity index (χ1v) is 30.9. The zero-order chi connectivity index (χ0) is 49.4. The van der Waals surface area contributed by atoms with Crippen molar-refractivity contribution in [1.29, 1.82) is 0 Å². The molecule has 6 N–H and O–H groups in total. The average molecular weight is 966 g/mol. The van der Waals surface area contributed by atoms with Gasteiger partial charge in [-0.3, -0.25) is 9.80 Å². The zero-order valence-corrected chi connectivity index (χ0v) is 46.5. The van der Waals surface area contributed by atoms with Gasteiger partial charge in [0.1, 0.15) is 0 Å². The fourth-order valence-corrected chi connectivity index (χ4v) is 10.7. The summed E-state index contributed by atoms with van der Waals surface area (Å²) in [5.74, 6) is 0. The Labute approximate surface area is 425 Å². The zero-order valence-electron chi connectivity index (χ0n) is 46.5. The molecule has 1 heterocycles. The SMILES string of the molecule is CCCCCCCCCCC(O)CN(CCCCC1CNC(CCCCN(CC(O)CCCCCCCCCC)CC(O)CCCCCCCCCC)CN1)CC(O)CCCCCCCCCC. The molecule has 0 spiro atoms. The molecule has 6 atom stereocenters. The van der Waals surface area contributed by atoms with Crippen LogP contribution in [0.4, 0.5) is 0 Å². The highest BCUT2D eigenvalue weighted by molar-refractivity contribution is 4.83. The third-order valence-electron chi connectivity index (χ3n) is 15.3. The molecule has 0 aromatic carbocycles. The molecule has 0 amide bonds. The van der Waals surface area contributed by atoms with Crippen molar-refractivity contribution in [1.82, 2.24) is 20.4 Å². The highest BCUT2D eigenvalue weighted by atomic mass is 16.3. The molecule has 8 nitrogen and oxygen atoms in total. The highest BCUT2D eigenvalue weighted by Crippen LogP contribution is 2.18. The molecule has 0 radical (unpaired) electrons. The van der Waals surface area contributed by atoms with Crippen molar-refractivity contribution in [3.05, 3.63) is 0 Å². The second-order valence-electron chi connectivity index (χ2n) is 22.4. The van der Waals surface area contributed by atoms with E-state index in [1.807, 2.05) is 0 Å². The Balaban J connectivity index is 2.48. The number of nitrogens with one attached hydrogen (secondary N) is 2. The number of hydrogen-bond acceptors (Lipinski definition) is 8. The molecule has 408 valence electrons. The highest BCUT2D eigenvalue weighted by Gasteiger charge is 2.21. The number of aliphatic hydroxyl groups is 4. The molecule has 1 fully saturated rings. The number of rotatable bonds is 54. The summed E-state index contributed by atoms with van der Waals surface area (Å²) in [5, 5.41) is 52.0. The van der Waals surface area contributed by atoms with Crippen LogP contribution >= 0.6 is 0 Å². The van der Waals surface area contributed by atoms with Crippen LogP contribution in [-0.2, 0) is 0 Å². The minimum atomic E-state index is -0.304. The van der Waals surface area contributed by atoms with E-state index in [-0.39, 0.29) is 24.4 Å². The van der Waals surface area contributed by atoms with Crippen molar-refractivity contribution in [2.75, 3.05) is 52.4 Å². The molecule has 0 saturated carbocycles. The Hall–Kier alpha value is -0.320. The molecule has 1 aliphatic heterocycles. The van der Waals surface area contributed by atoms with Crippen LogP contribution in [0.5, 0.6) is 0 Å². The van der Waals surface area contributed by atoms with Gasteiger partial charge in [0, 0.05) is 51.4 Å². The van der Waals surface area contributed by atoms with Crippen molar-refractivity contribution in [2.45, 2.75) is 334 Å². The molecule has 1 saturated heterocycles. The lowest BCUT2D eigenvalue weighted by atomic mass is 10.0. The fourth-order valence-electron chi connectivity index (χ4n) is 10.7. The lowest BCUT2D eigenvalue weighted by Gasteiger charge is -2.32. The van der Waals surface area contributed by atoms with Crippen LogP contribution in [0.3, 0.4) is 0 Å². The maximum atomic E-state index is 11.1. The van der Waals surface area contributed by atoms with E-state index in [0.717, 1.165) is 116 Å². The topological polar surface area (TPSA) is 111 Å². The van der Waals surface area contributed by atoms with Crippen LogP contribution in [0.2, 0.25) is 0 Å². The third kappa shape index (κ3) is 43.3. The van der Waals surface area contributed by atoms with Crippen molar-refractivity contribution in [2.24, 2.45) is 0 Å². The first-order chi connectivity index (χ1) is 33.3. The van der Waals surface area contributed by atoms with Gasteiger partial charge in [-0.2, -0.15) is 0 Å². The second-order valence-corrected chi connectivity index (χ2v) is 22.4.